The first-order valence-corrected chi connectivity index (χ1v) is 5.61. The van der Waals surface area contributed by atoms with Gasteiger partial charge in [0.2, 0.25) is 5.91 Å². The number of β-lactam (4-membered cyclic amide) rings is 1. The lowest BCUT2D eigenvalue weighted by atomic mass is 9.93. The number of carbonyl (C=O) groups excluding carboxylic acids is 1. The molecule has 0 aromatic heterocycles. The summed E-state index contributed by atoms with van der Waals surface area (Å²) < 4.78 is 0. The van der Waals surface area contributed by atoms with Gasteiger partial charge < -0.3 is 0 Å². The highest BCUT2D eigenvalue weighted by Gasteiger charge is 2.38. The molecule has 1 saturated heterocycles. The Morgan fingerprint density at radius 3 is 2.71 bits per heavy atom. The van der Waals surface area contributed by atoms with E-state index in [9.17, 15) is 4.79 Å². The number of nitrogens with zero attached hydrogens (tertiary/aromatic N) is 1. The van der Waals surface area contributed by atoms with Crippen LogP contribution in [0.25, 0.3) is 0 Å². The molecule has 3 rings (SSSR count). The van der Waals surface area contributed by atoms with Crippen LogP contribution in [0.3, 0.4) is 0 Å². The smallest absolute Gasteiger partial charge is 0.230 e. The van der Waals surface area contributed by atoms with Crippen LogP contribution in [0.4, 0.5) is 0 Å². The summed E-state index contributed by atoms with van der Waals surface area (Å²) in [5, 5.41) is 0. The Labute approximate surface area is 99.9 Å². The molecule has 1 heterocycles. The van der Waals surface area contributed by atoms with E-state index in [1.54, 1.807) is 11.0 Å². The van der Waals surface area contributed by atoms with E-state index in [4.69, 9.17) is 0 Å². The summed E-state index contributed by atoms with van der Waals surface area (Å²) in [6.45, 7) is 0. The van der Waals surface area contributed by atoms with Crippen molar-refractivity contribution in [3.8, 4) is 0 Å². The monoisotopic (exact) mass is 221 g/mol. The number of allylic oxidation sites excluding steroid dienone is 3. The summed E-state index contributed by atoms with van der Waals surface area (Å²) in [6, 6.07) is 10.2. The number of benzene rings is 1. The lowest BCUT2D eigenvalue weighted by Crippen LogP contribution is -2.45. The molecule has 17 heavy (non-hydrogen) atoms. The fraction of sp³-hybridized carbons (Fsp3) is 0.133. The van der Waals surface area contributed by atoms with Crippen LogP contribution in [0.1, 0.15) is 18.0 Å². The molecule has 1 unspecified atom stereocenters. The molecule has 2 heteroatoms. The lowest BCUT2D eigenvalue weighted by Gasteiger charge is -2.40. The standard InChI is InChI=1S/C15H11NO/c17-15-11-14(12-7-3-1-4-8-12)16(15)13-9-5-2-6-10-13/h1-5,7-9,14H,11H2. The molecule has 1 aromatic carbocycles. The van der Waals surface area contributed by atoms with Gasteiger partial charge in [-0.2, -0.15) is 0 Å². The van der Waals surface area contributed by atoms with Crippen molar-refractivity contribution in [1.82, 2.24) is 4.90 Å². The van der Waals surface area contributed by atoms with Crippen molar-refractivity contribution in [3.63, 3.8) is 0 Å². The molecule has 1 aliphatic heterocycles. The minimum absolute atomic E-state index is 0.148. The van der Waals surface area contributed by atoms with Crippen LogP contribution in [0.15, 0.2) is 65.7 Å². The molecule has 1 aromatic rings. The Morgan fingerprint density at radius 2 is 2.06 bits per heavy atom. The van der Waals surface area contributed by atoms with Crippen LogP contribution in [0.5, 0.6) is 0 Å². The summed E-state index contributed by atoms with van der Waals surface area (Å²) in [5.41, 5.74) is 7.84. The maximum absolute atomic E-state index is 11.7. The first-order valence-electron chi connectivity index (χ1n) is 5.61. The maximum atomic E-state index is 11.7. The van der Waals surface area contributed by atoms with Crippen molar-refractivity contribution < 1.29 is 4.79 Å². The topological polar surface area (TPSA) is 20.3 Å². The van der Waals surface area contributed by atoms with Gasteiger partial charge in [-0.1, -0.05) is 42.1 Å². The van der Waals surface area contributed by atoms with E-state index >= 15 is 0 Å². The van der Waals surface area contributed by atoms with Gasteiger partial charge in [0.1, 0.15) is 0 Å². The largest absolute Gasteiger partial charge is 0.297 e. The zero-order valence-corrected chi connectivity index (χ0v) is 9.26. The number of rotatable bonds is 2. The van der Waals surface area contributed by atoms with Crippen molar-refractivity contribution in [2.45, 2.75) is 12.5 Å². The van der Waals surface area contributed by atoms with Gasteiger partial charge in [-0.15, -0.1) is 0 Å². The average Bonchev–Trinajstić information content (AvgIpc) is 2.38. The molecule has 1 fully saturated rings. The van der Waals surface area contributed by atoms with Crippen molar-refractivity contribution in [2.24, 2.45) is 0 Å². The molecule has 2 nitrogen and oxygen atoms in total. The third-order valence-electron chi connectivity index (χ3n) is 3.03. The molecule has 0 spiro atoms. The summed E-state index contributed by atoms with van der Waals surface area (Å²) in [6.07, 6.45) is 6.13. The summed E-state index contributed by atoms with van der Waals surface area (Å²) in [7, 11) is 0. The molecular formula is C15H11NO. The Kier molecular flexibility index (Phi) is 2.31. The average molecular weight is 221 g/mol. The quantitative estimate of drug-likeness (QED) is 0.555. The third kappa shape index (κ3) is 1.66. The minimum Gasteiger partial charge on any atom is -0.297 e. The fourth-order valence-corrected chi connectivity index (χ4v) is 2.15. The van der Waals surface area contributed by atoms with Gasteiger partial charge in [0.25, 0.3) is 0 Å². The second-order valence-electron chi connectivity index (χ2n) is 4.07. The van der Waals surface area contributed by atoms with E-state index in [1.165, 1.54) is 5.56 Å². The van der Waals surface area contributed by atoms with Crippen molar-refractivity contribution in [2.75, 3.05) is 0 Å². The molecule has 82 valence electrons. The first-order chi connectivity index (χ1) is 8.36. The highest BCUT2D eigenvalue weighted by Crippen LogP contribution is 2.37. The Bertz CT molecular complexity index is 585. The number of hydrogen-bond acceptors (Lipinski definition) is 1. The van der Waals surface area contributed by atoms with Gasteiger partial charge in [-0.05, 0) is 23.4 Å². The molecule has 1 amide bonds. The van der Waals surface area contributed by atoms with Crippen molar-refractivity contribution >= 4 is 5.91 Å². The summed E-state index contributed by atoms with van der Waals surface area (Å²) in [4.78, 5) is 13.5. The summed E-state index contributed by atoms with van der Waals surface area (Å²) >= 11 is 0. The Balaban J connectivity index is 1.95. The van der Waals surface area contributed by atoms with Crippen LogP contribution in [0, 0.1) is 0 Å². The van der Waals surface area contributed by atoms with E-state index in [0.29, 0.717) is 6.42 Å². The predicted molar refractivity (Wildman–Crippen MR) is 64.9 cm³/mol. The van der Waals surface area contributed by atoms with Crippen LogP contribution in [0.2, 0.25) is 0 Å². The molecule has 0 radical (unpaired) electrons. The number of carbonyl (C=O) groups is 1. The van der Waals surface area contributed by atoms with E-state index in [2.05, 4.69) is 23.6 Å². The van der Waals surface area contributed by atoms with Gasteiger partial charge in [-0.3, -0.25) is 9.69 Å². The molecule has 0 N–H and O–H groups in total. The SMILES string of the molecule is O=C1CC(c2ccccc2)N1C1=C=C=CC=C1. The molecule has 0 bridgehead atoms. The van der Waals surface area contributed by atoms with Gasteiger partial charge in [0.05, 0.1) is 18.2 Å². The maximum Gasteiger partial charge on any atom is 0.230 e. The molecule has 1 aliphatic carbocycles. The van der Waals surface area contributed by atoms with E-state index < -0.39 is 0 Å². The zero-order valence-electron chi connectivity index (χ0n) is 9.26. The number of likely N-dealkylation sites (tertiary alicyclic amines) is 1. The highest BCUT2D eigenvalue weighted by molar-refractivity contribution is 5.86. The van der Waals surface area contributed by atoms with Crippen molar-refractivity contribution in [1.29, 1.82) is 0 Å². The highest BCUT2D eigenvalue weighted by atomic mass is 16.2. The van der Waals surface area contributed by atoms with Gasteiger partial charge in [0.15, 0.2) is 0 Å². The van der Waals surface area contributed by atoms with Gasteiger partial charge >= 0.3 is 0 Å². The molecule has 2 aliphatic rings. The van der Waals surface area contributed by atoms with Crippen LogP contribution in [-0.2, 0) is 4.79 Å². The lowest BCUT2D eigenvalue weighted by molar-refractivity contribution is -0.142. The minimum atomic E-state index is 0.148. The van der Waals surface area contributed by atoms with Gasteiger partial charge in [-0.25, -0.2) is 0 Å². The predicted octanol–water partition coefficient (Wildman–Crippen LogP) is 2.72. The normalized spacial score (nSPS) is 21.4. The van der Waals surface area contributed by atoms with E-state index in [-0.39, 0.29) is 11.9 Å². The first kappa shape index (κ1) is 9.92. The molecule has 0 saturated carbocycles. The summed E-state index contributed by atoms with van der Waals surface area (Å²) in [5.74, 6) is 0.148. The third-order valence-corrected chi connectivity index (χ3v) is 3.03. The van der Waals surface area contributed by atoms with Crippen LogP contribution >= 0.6 is 0 Å². The number of amides is 1. The molecular weight excluding hydrogens is 210 g/mol. The Hall–Kier alpha value is -2.27. The van der Waals surface area contributed by atoms with Crippen molar-refractivity contribution in [3.05, 3.63) is 71.3 Å². The van der Waals surface area contributed by atoms with Crippen LogP contribution < -0.4 is 0 Å². The van der Waals surface area contributed by atoms with E-state index in [0.717, 1.165) is 5.70 Å². The number of hydrogen-bond donors (Lipinski definition) is 0. The molecule has 1 atom stereocenters. The second kappa shape index (κ2) is 3.95. The fourth-order valence-electron chi connectivity index (χ4n) is 2.15. The van der Waals surface area contributed by atoms with Crippen LogP contribution in [-0.4, -0.2) is 10.8 Å². The van der Waals surface area contributed by atoms with E-state index in [1.807, 2.05) is 30.4 Å². The zero-order chi connectivity index (χ0) is 11.7. The van der Waals surface area contributed by atoms with Gasteiger partial charge in [0, 0.05) is 0 Å². The Morgan fingerprint density at radius 1 is 1.24 bits per heavy atom. The second-order valence-corrected chi connectivity index (χ2v) is 4.07.